The SMILES string of the molecule is CC(C)CC1(N2CCN(C(=O)[C@@H](Cc3ccc(Cl)cc3)NC(=O)CC3NCc4ccccc43)CC2)CCN(C(C)C)CC1.O=C(O)C(F)(F)F. The molecule has 0 radical (unpaired) electrons. The molecule has 2 saturated heterocycles. The number of hydrogen-bond acceptors (Lipinski definition) is 6. The summed E-state index contributed by atoms with van der Waals surface area (Å²) in [6, 6.07) is 15.7. The van der Waals surface area contributed by atoms with Crippen LogP contribution in [0.2, 0.25) is 5.02 Å². The smallest absolute Gasteiger partial charge is 0.475 e. The molecule has 0 aromatic heterocycles. The van der Waals surface area contributed by atoms with E-state index in [9.17, 15) is 22.8 Å². The molecule has 50 heavy (non-hydrogen) atoms. The molecule has 2 amide bonds. The topological polar surface area (TPSA) is 105 Å². The molecule has 13 heteroatoms. The van der Waals surface area contributed by atoms with E-state index in [-0.39, 0.29) is 23.4 Å². The third kappa shape index (κ3) is 10.7. The second-order valence-electron chi connectivity index (χ2n) is 14.4. The van der Waals surface area contributed by atoms with Gasteiger partial charge in [-0.2, -0.15) is 13.2 Å². The lowest BCUT2D eigenvalue weighted by molar-refractivity contribution is -0.192. The fraction of sp³-hybridized carbons (Fsp3) is 0.595. The molecule has 2 fully saturated rings. The summed E-state index contributed by atoms with van der Waals surface area (Å²) in [6.45, 7) is 15.4. The molecule has 1 unspecified atom stereocenters. The summed E-state index contributed by atoms with van der Waals surface area (Å²) in [4.78, 5) is 43.6. The largest absolute Gasteiger partial charge is 0.490 e. The van der Waals surface area contributed by atoms with Gasteiger partial charge in [0.05, 0.1) is 0 Å². The minimum absolute atomic E-state index is 0.00951. The van der Waals surface area contributed by atoms with E-state index in [0.29, 0.717) is 42.9 Å². The van der Waals surface area contributed by atoms with Crippen LogP contribution >= 0.6 is 11.6 Å². The third-order valence-corrected chi connectivity index (χ3v) is 10.3. The molecule has 5 rings (SSSR count). The first-order valence-corrected chi connectivity index (χ1v) is 17.9. The zero-order valence-electron chi connectivity index (χ0n) is 29.4. The molecule has 0 spiro atoms. The van der Waals surface area contributed by atoms with Gasteiger partial charge in [-0.05, 0) is 67.9 Å². The number of carbonyl (C=O) groups is 3. The van der Waals surface area contributed by atoms with E-state index in [4.69, 9.17) is 21.5 Å². The van der Waals surface area contributed by atoms with Crippen LogP contribution in [0, 0.1) is 5.92 Å². The Bertz CT molecular complexity index is 1440. The minimum atomic E-state index is -5.08. The van der Waals surface area contributed by atoms with Crippen molar-refractivity contribution in [3.05, 3.63) is 70.2 Å². The number of alkyl halides is 3. The fourth-order valence-electron chi connectivity index (χ4n) is 7.54. The maximum atomic E-state index is 14.0. The minimum Gasteiger partial charge on any atom is -0.475 e. The number of hydrogen-bond donors (Lipinski definition) is 3. The standard InChI is InChI=1S/C35H50ClN5O2.C2HF3O2/c1-25(2)23-35(13-15-39(16-14-35)26(3)4)41-19-17-40(18-20-41)34(43)32(21-27-9-11-29(36)12-10-27)38-33(42)22-31-30-8-6-5-7-28(30)24-37-31;3-2(4,5)1(6)7/h5-12,25-26,31-32,37H,13-24H2,1-4H3,(H,38,42);(H,6,7)/t31?,32-;/m1./s1. The molecule has 3 aliphatic heterocycles. The van der Waals surface area contributed by atoms with Crippen LogP contribution in [0.5, 0.6) is 0 Å². The summed E-state index contributed by atoms with van der Waals surface area (Å²) in [7, 11) is 0. The summed E-state index contributed by atoms with van der Waals surface area (Å²) >= 11 is 6.14. The first-order chi connectivity index (χ1) is 23.6. The second kappa shape index (κ2) is 17.4. The number of aliphatic carboxylic acids is 1. The van der Waals surface area contributed by atoms with Gasteiger partial charge in [-0.15, -0.1) is 0 Å². The van der Waals surface area contributed by atoms with Gasteiger partial charge >= 0.3 is 12.1 Å². The second-order valence-corrected chi connectivity index (χ2v) is 14.8. The van der Waals surface area contributed by atoms with E-state index in [1.807, 2.05) is 41.3 Å². The highest BCUT2D eigenvalue weighted by molar-refractivity contribution is 6.30. The maximum Gasteiger partial charge on any atom is 0.490 e. The van der Waals surface area contributed by atoms with Crippen molar-refractivity contribution in [3.63, 3.8) is 0 Å². The molecule has 9 nitrogen and oxygen atoms in total. The van der Waals surface area contributed by atoms with E-state index in [1.165, 1.54) is 30.4 Å². The van der Waals surface area contributed by atoms with Gasteiger partial charge in [0.1, 0.15) is 6.04 Å². The Hall–Kier alpha value is -3.19. The highest BCUT2D eigenvalue weighted by Crippen LogP contribution is 2.36. The van der Waals surface area contributed by atoms with Gasteiger partial charge < -0.3 is 25.5 Å². The third-order valence-electron chi connectivity index (χ3n) is 10.1. The number of halogens is 4. The zero-order valence-corrected chi connectivity index (χ0v) is 30.2. The van der Waals surface area contributed by atoms with Crippen LogP contribution in [0.3, 0.4) is 0 Å². The first kappa shape index (κ1) is 39.6. The Morgan fingerprint density at radius 3 is 2.12 bits per heavy atom. The lowest BCUT2D eigenvalue weighted by atomic mass is 9.78. The number of rotatable bonds is 10. The normalized spacial score (nSPS) is 20.2. The Labute approximate surface area is 298 Å². The summed E-state index contributed by atoms with van der Waals surface area (Å²) < 4.78 is 31.7. The summed E-state index contributed by atoms with van der Waals surface area (Å²) in [5.74, 6) is -2.22. The van der Waals surface area contributed by atoms with E-state index < -0.39 is 18.2 Å². The number of carboxylic acids is 1. The molecule has 0 aliphatic carbocycles. The maximum absolute atomic E-state index is 14.0. The van der Waals surface area contributed by atoms with Crippen molar-refractivity contribution >= 4 is 29.4 Å². The number of fused-ring (bicyclic) bond motifs is 1. The summed E-state index contributed by atoms with van der Waals surface area (Å²) in [5, 5.41) is 14.4. The zero-order chi connectivity index (χ0) is 36.6. The number of nitrogens with one attached hydrogen (secondary N) is 2. The molecule has 3 N–H and O–H groups in total. The lowest BCUT2D eigenvalue weighted by Gasteiger charge is -2.53. The summed E-state index contributed by atoms with van der Waals surface area (Å²) in [5.41, 5.74) is 3.59. The average Bonchev–Trinajstić information content (AvgIpc) is 3.47. The Morgan fingerprint density at radius 2 is 1.56 bits per heavy atom. The van der Waals surface area contributed by atoms with Gasteiger partial charge in [0.2, 0.25) is 11.8 Å². The monoisotopic (exact) mass is 721 g/mol. The molecule has 276 valence electrons. The highest BCUT2D eigenvalue weighted by atomic mass is 35.5. The molecule has 0 bridgehead atoms. The van der Waals surface area contributed by atoms with E-state index in [0.717, 1.165) is 38.3 Å². The van der Waals surface area contributed by atoms with Crippen molar-refractivity contribution in [2.45, 2.75) is 96.2 Å². The average molecular weight is 722 g/mol. The molecule has 3 heterocycles. The number of carboxylic acid groups (broad SMARTS) is 1. The van der Waals surface area contributed by atoms with Gasteiger partial charge in [0.25, 0.3) is 0 Å². The number of benzene rings is 2. The predicted octanol–water partition coefficient (Wildman–Crippen LogP) is 5.67. The van der Waals surface area contributed by atoms with E-state index in [2.05, 4.69) is 60.3 Å². The molecule has 2 aromatic carbocycles. The molecule has 2 aromatic rings. The number of likely N-dealkylation sites (tertiary alicyclic amines) is 1. The van der Waals surface area contributed by atoms with Gasteiger partial charge in [0.15, 0.2) is 0 Å². The van der Waals surface area contributed by atoms with Gasteiger partial charge in [-0.25, -0.2) is 4.79 Å². The first-order valence-electron chi connectivity index (χ1n) is 17.5. The number of nitrogens with zero attached hydrogens (tertiary/aromatic N) is 3. The molecular formula is C37H51ClF3N5O4. The fourth-order valence-corrected chi connectivity index (χ4v) is 7.67. The van der Waals surface area contributed by atoms with Crippen molar-refractivity contribution in [2.24, 2.45) is 5.92 Å². The highest BCUT2D eigenvalue weighted by Gasteiger charge is 2.43. The van der Waals surface area contributed by atoms with Crippen LogP contribution in [0.4, 0.5) is 13.2 Å². The Kier molecular flexibility index (Phi) is 13.7. The van der Waals surface area contributed by atoms with E-state index in [1.54, 1.807) is 0 Å². The van der Waals surface area contributed by atoms with Crippen LogP contribution in [0.25, 0.3) is 0 Å². The van der Waals surface area contributed by atoms with Crippen LogP contribution in [0.15, 0.2) is 48.5 Å². The molecule has 2 atom stereocenters. The molecule has 3 aliphatic rings. The van der Waals surface area contributed by atoms with Crippen LogP contribution < -0.4 is 10.6 Å². The summed E-state index contributed by atoms with van der Waals surface area (Å²) in [6.07, 6.45) is -0.768. The number of piperazine rings is 1. The Balaban J connectivity index is 0.000000727. The van der Waals surface area contributed by atoms with Crippen LogP contribution in [-0.4, -0.2) is 101 Å². The van der Waals surface area contributed by atoms with Crippen molar-refractivity contribution in [1.82, 2.24) is 25.3 Å². The van der Waals surface area contributed by atoms with Crippen molar-refractivity contribution in [1.29, 1.82) is 0 Å². The van der Waals surface area contributed by atoms with Gasteiger partial charge in [0, 0.05) is 81.3 Å². The van der Waals surface area contributed by atoms with Crippen LogP contribution in [0.1, 0.15) is 76.1 Å². The van der Waals surface area contributed by atoms with E-state index >= 15 is 0 Å². The van der Waals surface area contributed by atoms with Crippen molar-refractivity contribution < 1.29 is 32.7 Å². The van der Waals surface area contributed by atoms with Crippen molar-refractivity contribution in [2.75, 3.05) is 39.3 Å². The lowest BCUT2D eigenvalue weighted by Crippen LogP contribution is -2.63. The predicted molar refractivity (Wildman–Crippen MR) is 188 cm³/mol. The van der Waals surface area contributed by atoms with Crippen molar-refractivity contribution in [3.8, 4) is 0 Å². The molecular weight excluding hydrogens is 671 g/mol. The number of carbonyl (C=O) groups excluding carboxylic acids is 2. The van der Waals surface area contributed by atoms with Gasteiger partial charge in [-0.3, -0.25) is 14.5 Å². The quantitative estimate of drug-likeness (QED) is 0.291. The van der Waals surface area contributed by atoms with Crippen LogP contribution in [-0.2, 0) is 27.3 Å². The van der Waals surface area contributed by atoms with Gasteiger partial charge in [-0.1, -0.05) is 61.8 Å². The number of piperidine rings is 1. The Morgan fingerprint density at radius 1 is 0.960 bits per heavy atom. The number of amides is 2. The molecule has 0 saturated carbocycles.